The first-order chi connectivity index (χ1) is 11.1. The second kappa shape index (κ2) is 6.71. The van der Waals surface area contributed by atoms with Gasteiger partial charge in [-0.25, -0.2) is 4.98 Å². The molecule has 5 nitrogen and oxygen atoms in total. The second-order valence-corrected chi connectivity index (χ2v) is 6.76. The third-order valence-electron chi connectivity index (χ3n) is 4.88. The van der Waals surface area contributed by atoms with Gasteiger partial charge in [0.1, 0.15) is 5.65 Å². The molecule has 124 valence electrons. The molecule has 0 aliphatic carbocycles. The van der Waals surface area contributed by atoms with Crippen LogP contribution in [0, 0.1) is 12.8 Å². The molecule has 0 spiro atoms. The van der Waals surface area contributed by atoms with E-state index >= 15 is 0 Å². The number of nitrogens with zero attached hydrogens (tertiary/aromatic N) is 3. The summed E-state index contributed by atoms with van der Waals surface area (Å²) in [6, 6.07) is 4.63. The number of pyridine rings is 1. The van der Waals surface area contributed by atoms with Gasteiger partial charge in [-0.1, -0.05) is 6.07 Å². The largest absolute Gasteiger partial charge is 0.350 e. The number of aryl methyl sites for hydroxylation is 1. The summed E-state index contributed by atoms with van der Waals surface area (Å²) in [5.74, 6) is 0.321. The summed E-state index contributed by atoms with van der Waals surface area (Å²) < 4.78 is 2.05. The molecule has 1 N–H and O–H groups in total. The molecular formula is C18H26N4O. The molecule has 1 aliphatic heterocycles. The van der Waals surface area contributed by atoms with Crippen molar-refractivity contribution in [2.24, 2.45) is 5.92 Å². The Kier molecular flexibility index (Phi) is 4.66. The third kappa shape index (κ3) is 3.39. The number of hydrogen-bond donors (Lipinski definition) is 1. The Balaban J connectivity index is 1.58. The number of nitrogens with one attached hydrogen (secondary N) is 1. The van der Waals surface area contributed by atoms with E-state index in [9.17, 15) is 4.79 Å². The summed E-state index contributed by atoms with van der Waals surface area (Å²) in [5.41, 5.74) is 3.13. The van der Waals surface area contributed by atoms with Crippen molar-refractivity contribution in [3.63, 3.8) is 0 Å². The average Bonchev–Trinajstić information content (AvgIpc) is 2.97. The highest BCUT2D eigenvalue weighted by Crippen LogP contribution is 2.19. The Bertz CT molecular complexity index is 683. The van der Waals surface area contributed by atoms with Crippen LogP contribution in [0.2, 0.25) is 0 Å². The number of fused-ring (bicyclic) bond motifs is 1. The molecule has 1 saturated heterocycles. The molecule has 1 fully saturated rings. The Morgan fingerprint density at radius 2 is 2.13 bits per heavy atom. The van der Waals surface area contributed by atoms with Gasteiger partial charge in [-0.3, -0.25) is 4.79 Å². The number of imidazole rings is 1. The van der Waals surface area contributed by atoms with Gasteiger partial charge in [-0.15, -0.1) is 0 Å². The number of carbonyl (C=O) groups excluding carboxylic acids is 1. The molecular weight excluding hydrogens is 288 g/mol. The average molecular weight is 314 g/mol. The summed E-state index contributed by atoms with van der Waals surface area (Å²) in [4.78, 5) is 19.3. The van der Waals surface area contributed by atoms with Gasteiger partial charge in [0.2, 0.25) is 5.91 Å². The molecule has 0 unspecified atom stereocenters. The van der Waals surface area contributed by atoms with Crippen LogP contribution in [0.4, 0.5) is 0 Å². The van der Waals surface area contributed by atoms with E-state index < -0.39 is 0 Å². The van der Waals surface area contributed by atoms with Gasteiger partial charge in [-0.2, -0.15) is 0 Å². The second-order valence-electron chi connectivity index (χ2n) is 6.76. The van der Waals surface area contributed by atoms with E-state index in [-0.39, 0.29) is 11.8 Å². The van der Waals surface area contributed by atoms with E-state index in [0.717, 1.165) is 42.8 Å². The van der Waals surface area contributed by atoms with E-state index in [2.05, 4.69) is 33.4 Å². The molecule has 1 aliphatic rings. The highest BCUT2D eigenvalue weighted by molar-refractivity contribution is 5.78. The Labute approximate surface area is 137 Å². The minimum atomic E-state index is 0.144. The Morgan fingerprint density at radius 3 is 2.83 bits per heavy atom. The van der Waals surface area contributed by atoms with Crippen molar-refractivity contribution in [1.29, 1.82) is 0 Å². The monoisotopic (exact) mass is 314 g/mol. The summed E-state index contributed by atoms with van der Waals surface area (Å²) in [7, 11) is 0. The molecule has 2 aromatic rings. The van der Waals surface area contributed by atoms with E-state index in [4.69, 9.17) is 0 Å². The number of likely N-dealkylation sites (tertiary alicyclic amines) is 1. The van der Waals surface area contributed by atoms with Crippen LogP contribution in [0.1, 0.15) is 37.9 Å². The predicted molar refractivity (Wildman–Crippen MR) is 91.2 cm³/mol. The number of amides is 1. The van der Waals surface area contributed by atoms with E-state index in [1.807, 2.05) is 31.5 Å². The van der Waals surface area contributed by atoms with Crippen LogP contribution in [0.3, 0.4) is 0 Å². The molecule has 0 aromatic carbocycles. The van der Waals surface area contributed by atoms with Crippen LogP contribution in [0.25, 0.3) is 5.65 Å². The standard InChI is InChI=1S/C18H26N4O/c1-13(2)21-9-6-15(7-10-21)18(23)20-12-16-11-19-17-14(3)5-4-8-22(16)17/h4-5,8,11,13,15H,6-7,9-10,12H2,1-3H3,(H,20,23). The summed E-state index contributed by atoms with van der Waals surface area (Å²) in [6.45, 7) is 9.05. The van der Waals surface area contributed by atoms with Gasteiger partial charge in [0.15, 0.2) is 0 Å². The van der Waals surface area contributed by atoms with Crippen LogP contribution in [-0.4, -0.2) is 39.3 Å². The normalized spacial score (nSPS) is 17.0. The minimum Gasteiger partial charge on any atom is -0.350 e. The lowest BCUT2D eigenvalue weighted by molar-refractivity contribution is -0.126. The quantitative estimate of drug-likeness (QED) is 0.942. The first-order valence-corrected chi connectivity index (χ1v) is 8.49. The Hall–Kier alpha value is -1.88. The van der Waals surface area contributed by atoms with Crippen molar-refractivity contribution in [1.82, 2.24) is 19.6 Å². The predicted octanol–water partition coefficient (Wildman–Crippen LogP) is 2.38. The molecule has 5 heteroatoms. The van der Waals surface area contributed by atoms with Gasteiger partial charge >= 0.3 is 0 Å². The molecule has 0 atom stereocenters. The fraction of sp³-hybridized carbons (Fsp3) is 0.556. The minimum absolute atomic E-state index is 0.144. The molecule has 23 heavy (non-hydrogen) atoms. The summed E-state index contributed by atoms with van der Waals surface area (Å²) in [5, 5.41) is 3.09. The highest BCUT2D eigenvalue weighted by Gasteiger charge is 2.25. The van der Waals surface area contributed by atoms with Crippen molar-refractivity contribution in [2.45, 2.75) is 46.2 Å². The maximum absolute atomic E-state index is 12.4. The maximum atomic E-state index is 12.4. The van der Waals surface area contributed by atoms with Crippen molar-refractivity contribution in [3.8, 4) is 0 Å². The highest BCUT2D eigenvalue weighted by atomic mass is 16.1. The lowest BCUT2D eigenvalue weighted by Gasteiger charge is -2.33. The first kappa shape index (κ1) is 16.0. The SMILES string of the molecule is Cc1cccn2c(CNC(=O)C3CCN(C(C)C)CC3)cnc12. The number of aromatic nitrogens is 2. The lowest BCUT2D eigenvalue weighted by Crippen LogP contribution is -2.43. The van der Waals surface area contributed by atoms with Gasteiger partial charge in [0.05, 0.1) is 18.4 Å². The molecule has 3 rings (SSSR count). The fourth-order valence-corrected chi connectivity index (χ4v) is 3.33. The van der Waals surface area contributed by atoms with Crippen LogP contribution in [0.5, 0.6) is 0 Å². The van der Waals surface area contributed by atoms with Crippen LogP contribution >= 0.6 is 0 Å². The summed E-state index contributed by atoms with van der Waals surface area (Å²) >= 11 is 0. The molecule has 0 radical (unpaired) electrons. The van der Waals surface area contributed by atoms with Gasteiger partial charge in [0.25, 0.3) is 0 Å². The van der Waals surface area contributed by atoms with Gasteiger partial charge in [-0.05, 0) is 58.3 Å². The smallest absolute Gasteiger partial charge is 0.223 e. The van der Waals surface area contributed by atoms with Crippen molar-refractivity contribution in [2.75, 3.05) is 13.1 Å². The van der Waals surface area contributed by atoms with Crippen LogP contribution in [-0.2, 0) is 11.3 Å². The zero-order chi connectivity index (χ0) is 16.4. The fourth-order valence-electron chi connectivity index (χ4n) is 3.33. The first-order valence-electron chi connectivity index (χ1n) is 8.49. The molecule has 2 aromatic heterocycles. The number of piperidine rings is 1. The Morgan fingerprint density at radius 1 is 1.39 bits per heavy atom. The molecule has 1 amide bonds. The van der Waals surface area contributed by atoms with Crippen molar-refractivity contribution >= 4 is 11.6 Å². The van der Waals surface area contributed by atoms with E-state index in [1.54, 1.807) is 0 Å². The zero-order valence-electron chi connectivity index (χ0n) is 14.2. The zero-order valence-corrected chi connectivity index (χ0v) is 14.2. The number of rotatable bonds is 4. The maximum Gasteiger partial charge on any atom is 0.223 e. The topological polar surface area (TPSA) is 49.6 Å². The van der Waals surface area contributed by atoms with Crippen LogP contribution in [0.15, 0.2) is 24.5 Å². The van der Waals surface area contributed by atoms with E-state index in [1.165, 1.54) is 0 Å². The molecule has 3 heterocycles. The molecule has 0 bridgehead atoms. The van der Waals surface area contributed by atoms with Gasteiger partial charge < -0.3 is 14.6 Å². The lowest BCUT2D eigenvalue weighted by atomic mass is 9.95. The number of hydrogen-bond acceptors (Lipinski definition) is 3. The third-order valence-corrected chi connectivity index (χ3v) is 4.88. The van der Waals surface area contributed by atoms with Crippen molar-refractivity contribution < 1.29 is 4.79 Å². The summed E-state index contributed by atoms with van der Waals surface area (Å²) in [6.07, 6.45) is 5.76. The molecule has 0 saturated carbocycles. The van der Waals surface area contributed by atoms with Gasteiger partial charge in [0, 0.05) is 18.2 Å². The van der Waals surface area contributed by atoms with Crippen LogP contribution < -0.4 is 5.32 Å². The van der Waals surface area contributed by atoms with Crippen molar-refractivity contribution in [3.05, 3.63) is 35.8 Å². The number of carbonyl (C=O) groups is 1. The van der Waals surface area contributed by atoms with E-state index in [0.29, 0.717) is 12.6 Å².